The van der Waals surface area contributed by atoms with Gasteiger partial charge < -0.3 is 10.2 Å². The van der Waals surface area contributed by atoms with Gasteiger partial charge in [-0.2, -0.15) is 5.10 Å². The lowest BCUT2D eigenvalue weighted by Crippen LogP contribution is -2.52. The Morgan fingerprint density at radius 3 is 2.64 bits per heavy atom. The summed E-state index contributed by atoms with van der Waals surface area (Å²) in [5, 5.41) is 7.03. The summed E-state index contributed by atoms with van der Waals surface area (Å²) >= 11 is 0. The van der Waals surface area contributed by atoms with Crippen molar-refractivity contribution in [3.05, 3.63) is 47.7 Å². The van der Waals surface area contributed by atoms with Crippen molar-refractivity contribution in [1.82, 2.24) is 14.7 Å². The fourth-order valence-corrected chi connectivity index (χ4v) is 3.14. The fourth-order valence-electron chi connectivity index (χ4n) is 3.14. The van der Waals surface area contributed by atoms with Gasteiger partial charge in [0.1, 0.15) is 6.04 Å². The van der Waals surface area contributed by atoms with Gasteiger partial charge in [-0.15, -0.1) is 0 Å². The van der Waals surface area contributed by atoms with Gasteiger partial charge in [0.05, 0.1) is 0 Å². The molecule has 0 saturated heterocycles. The molecule has 1 aromatic heterocycles. The van der Waals surface area contributed by atoms with Crippen LogP contribution in [-0.4, -0.2) is 32.5 Å². The Morgan fingerprint density at radius 1 is 1.28 bits per heavy atom. The molecule has 1 aliphatic heterocycles. The van der Waals surface area contributed by atoms with E-state index in [0.29, 0.717) is 18.8 Å². The van der Waals surface area contributed by atoms with Gasteiger partial charge >= 0.3 is 0 Å². The van der Waals surface area contributed by atoms with Gasteiger partial charge in [-0.05, 0) is 17.5 Å². The first-order valence-corrected chi connectivity index (χ1v) is 8.67. The van der Waals surface area contributed by atoms with E-state index in [1.54, 1.807) is 28.9 Å². The summed E-state index contributed by atoms with van der Waals surface area (Å²) in [7, 11) is 1.80. The lowest BCUT2D eigenvalue weighted by Gasteiger charge is -2.37. The van der Waals surface area contributed by atoms with Crippen LogP contribution in [-0.2, 0) is 29.6 Å². The van der Waals surface area contributed by atoms with Crippen LogP contribution >= 0.6 is 0 Å². The van der Waals surface area contributed by atoms with E-state index < -0.39 is 6.04 Å². The number of anilines is 1. The van der Waals surface area contributed by atoms with E-state index >= 15 is 0 Å². The third kappa shape index (κ3) is 3.57. The number of carbonyl (C=O) groups excluding carboxylic acids is 2. The van der Waals surface area contributed by atoms with Crippen molar-refractivity contribution in [3.63, 3.8) is 0 Å². The Hall–Kier alpha value is -2.63. The molecule has 6 heteroatoms. The molecule has 132 valence electrons. The smallest absolute Gasteiger partial charge is 0.248 e. The van der Waals surface area contributed by atoms with E-state index in [1.807, 2.05) is 38.1 Å². The van der Waals surface area contributed by atoms with Crippen LogP contribution in [0.15, 0.2) is 36.5 Å². The summed E-state index contributed by atoms with van der Waals surface area (Å²) in [5.41, 5.74) is 2.23. The molecule has 0 unspecified atom stereocenters. The molecular formula is C19H24N4O2. The van der Waals surface area contributed by atoms with Gasteiger partial charge in [0.25, 0.3) is 0 Å². The largest absolute Gasteiger partial charge is 0.326 e. The first-order valence-electron chi connectivity index (χ1n) is 8.67. The molecule has 1 N–H and O–H groups in total. The van der Waals surface area contributed by atoms with Gasteiger partial charge in [-0.25, -0.2) is 0 Å². The maximum absolute atomic E-state index is 12.9. The van der Waals surface area contributed by atoms with Crippen LogP contribution in [0.25, 0.3) is 0 Å². The summed E-state index contributed by atoms with van der Waals surface area (Å²) in [5.74, 6) is 0.237. The molecule has 6 nitrogen and oxygen atoms in total. The van der Waals surface area contributed by atoms with Crippen molar-refractivity contribution in [1.29, 1.82) is 0 Å². The zero-order chi connectivity index (χ0) is 18.0. The molecule has 3 rings (SSSR count). The maximum Gasteiger partial charge on any atom is 0.248 e. The van der Waals surface area contributed by atoms with E-state index in [1.165, 1.54) is 0 Å². The molecule has 1 aromatic carbocycles. The van der Waals surface area contributed by atoms with E-state index in [0.717, 1.165) is 17.5 Å². The van der Waals surface area contributed by atoms with Crippen molar-refractivity contribution in [2.24, 2.45) is 13.0 Å². The van der Waals surface area contributed by atoms with Crippen LogP contribution < -0.4 is 5.32 Å². The van der Waals surface area contributed by atoms with Crippen molar-refractivity contribution >= 4 is 17.6 Å². The van der Waals surface area contributed by atoms with Gasteiger partial charge in [0, 0.05) is 38.2 Å². The highest BCUT2D eigenvalue weighted by atomic mass is 16.2. The third-order valence-corrected chi connectivity index (χ3v) is 4.83. The van der Waals surface area contributed by atoms with Crippen LogP contribution in [0.5, 0.6) is 0 Å². The van der Waals surface area contributed by atoms with Gasteiger partial charge in [-0.3, -0.25) is 14.3 Å². The van der Waals surface area contributed by atoms with Crippen LogP contribution in [0.2, 0.25) is 0 Å². The number of hydrogen-bond acceptors (Lipinski definition) is 3. The average molecular weight is 340 g/mol. The summed E-state index contributed by atoms with van der Waals surface area (Å²) in [6, 6.07) is 9.23. The summed E-state index contributed by atoms with van der Waals surface area (Å²) < 4.78 is 1.63. The lowest BCUT2D eigenvalue weighted by atomic mass is 9.92. The van der Waals surface area contributed by atoms with E-state index in [9.17, 15) is 9.59 Å². The Bertz CT molecular complexity index is 783. The van der Waals surface area contributed by atoms with Crippen molar-refractivity contribution in [3.8, 4) is 0 Å². The average Bonchev–Trinajstić information content (AvgIpc) is 3.03. The highest BCUT2D eigenvalue weighted by molar-refractivity contribution is 5.97. The van der Waals surface area contributed by atoms with Crippen molar-refractivity contribution in [2.45, 2.75) is 39.3 Å². The van der Waals surface area contributed by atoms with Gasteiger partial charge in [0.2, 0.25) is 11.8 Å². The molecule has 0 radical (unpaired) electrons. The number of nitrogens with one attached hydrogen (secondary N) is 1. The Labute approximate surface area is 147 Å². The molecule has 1 aliphatic rings. The molecule has 2 atom stereocenters. The highest BCUT2D eigenvalue weighted by Gasteiger charge is 2.36. The predicted molar refractivity (Wildman–Crippen MR) is 95.8 cm³/mol. The number of amides is 2. The zero-order valence-corrected chi connectivity index (χ0v) is 14.9. The Kier molecular flexibility index (Phi) is 4.88. The number of carbonyl (C=O) groups is 2. The molecule has 0 aliphatic carbocycles. The highest BCUT2D eigenvalue weighted by Crippen LogP contribution is 2.26. The Balaban J connectivity index is 1.87. The SMILES string of the molecule is CC[C@H](C)C(=O)N1Cc2ccccc2C[C@H]1C(=O)Nc1ccn(C)n1. The van der Waals surface area contributed by atoms with E-state index in [2.05, 4.69) is 10.4 Å². The van der Waals surface area contributed by atoms with Gasteiger partial charge in [0.15, 0.2) is 5.82 Å². The summed E-state index contributed by atoms with van der Waals surface area (Å²) in [6.07, 6.45) is 3.05. The number of aromatic nitrogens is 2. The number of hydrogen-bond donors (Lipinski definition) is 1. The number of nitrogens with zero attached hydrogens (tertiary/aromatic N) is 3. The molecule has 2 heterocycles. The number of fused-ring (bicyclic) bond motifs is 1. The number of benzene rings is 1. The second-order valence-electron chi connectivity index (χ2n) is 6.63. The molecule has 0 bridgehead atoms. The van der Waals surface area contributed by atoms with E-state index in [4.69, 9.17) is 0 Å². The molecular weight excluding hydrogens is 316 g/mol. The maximum atomic E-state index is 12.9. The van der Waals surface area contributed by atoms with Crippen LogP contribution in [0.1, 0.15) is 31.4 Å². The lowest BCUT2D eigenvalue weighted by molar-refractivity contribution is -0.143. The van der Waals surface area contributed by atoms with Gasteiger partial charge in [-0.1, -0.05) is 38.1 Å². The monoisotopic (exact) mass is 340 g/mol. The van der Waals surface area contributed by atoms with Crippen LogP contribution in [0.4, 0.5) is 5.82 Å². The molecule has 0 fully saturated rings. The second kappa shape index (κ2) is 7.09. The molecule has 0 spiro atoms. The summed E-state index contributed by atoms with van der Waals surface area (Å²) in [6.45, 7) is 4.37. The van der Waals surface area contributed by atoms with Crippen molar-refractivity contribution in [2.75, 3.05) is 5.32 Å². The number of aryl methyl sites for hydroxylation is 1. The van der Waals surface area contributed by atoms with E-state index in [-0.39, 0.29) is 17.7 Å². The minimum atomic E-state index is -0.515. The fraction of sp³-hybridized carbons (Fsp3) is 0.421. The third-order valence-electron chi connectivity index (χ3n) is 4.83. The topological polar surface area (TPSA) is 67.2 Å². The van der Waals surface area contributed by atoms with Crippen LogP contribution in [0.3, 0.4) is 0 Å². The quantitative estimate of drug-likeness (QED) is 0.929. The Morgan fingerprint density at radius 2 is 2.00 bits per heavy atom. The zero-order valence-electron chi connectivity index (χ0n) is 14.9. The first kappa shape index (κ1) is 17.2. The first-order chi connectivity index (χ1) is 12.0. The van der Waals surface area contributed by atoms with Crippen LogP contribution in [0, 0.1) is 5.92 Å². The molecule has 25 heavy (non-hydrogen) atoms. The number of rotatable bonds is 4. The predicted octanol–water partition coefficient (Wildman–Crippen LogP) is 2.36. The molecule has 2 aromatic rings. The van der Waals surface area contributed by atoms with Crippen molar-refractivity contribution < 1.29 is 9.59 Å². The minimum Gasteiger partial charge on any atom is -0.326 e. The molecule has 2 amide bonds. The molecule has 0 saturated carbocycles. The summed E-state index contributed by atoms with van der Waals surface area (Å²) in [4.78, 5) is 27.4. The normalized spacial score (nSPS) is 17.7. The standard InChI is InChI=1S/C19H24N4O2/c1-4-13(2)19(25)23-12-15-8-6-5-7-14(15)11-16(23)18(24)20-17-9-10-22(3)21-17/h5-10,13,16H,4,11-12H2,1-3H3,(H,20,21,24)/t13-,16-/m0/s1. The second-order valence-corrected chi connectivity index (χ2v) is 6.63. The minimum absolute atomic E-state index is 0.0261.